The molecule has 0 aliphatic rings. The van der Waals surface area contributed by atoms with Crippen molar-refractivity contribution in [3.63, 3.8) is 0 Å². The summed E-state index contributed by atoms with van der Waals surface area (Å²) in [4.78, 5) is 18.0. The quantitative estimate of drug-likeness (QED) is 0.644. The van der Waals surface area contributed by atoms with Crippen LogP contribution >= 0.6 is 15.9 Å². The average Bonchev–Trinajstić information content (AvgIpc) is 2.38. The molecule has 0 unspecified atom stereocenters. The smallest absolute Gasteiger partial charge is 0.257 e. The molecule has 5 heteroatoms. The molecule has 1 aromatic carbocycles. The molecule has 0 spiro atoms. The maximum atomic E-state index is 12.0. The van der Waals surface area contributed by atoms with E-state index in [1.807, 2.05) is 49.3 Å². The van der Waals surface area contributed by atoms with Crippen molar-refractivity contribution >= 4 is 28.0 Å². The summed E-state index contributed by atoms with van der Waals surface area (Å²) in [7, 11) is 3.76. The summed E-state index contributed by atoms with van der Waals surface area (Å²) >= 11 is 3.37. The SMILES string of the molecule is CN(C)C=Nc1ccn(-c2ccc(Br)cc2)c(=O)c1. The number of hydrogen-bond acceptors (Lipinski definition) is 2. The highest BCUT2D eigenvalue weighted by molar-refractivity contribution is 9.10. The summed E-state index contributed by atoms with van der Waals surface area (Å²) < 4.78 is 2.57. The molecular formula is C14H14BrN3O. The second-order valence-electron chi connectivity index (χ2n) is 4.28. The topological polar surface area (TPSA) is 37.6 Å². The minimum atomic E-state index is -0.101. The van der Waals surface area contributed by atoms with E-state index in [0.717, 1.165) is 10.2 Å². The van der Waals surface area contributed by atoms with Crippen LogP contribution in [0.2, 0.25) is 0 Å². The monoisotopic (exact) mass is 319 g/mol. The van der Waals surface area contributed by atoms with E-state index in [9.17, 15) is 4.79 Å². The molecule has 0 aliphatic heterocycles. The van der Waals surface area contributed by atoms with Crippen LogP contribution < -0.4 is 5.56 Å². The van der Waals surface area contributed by atoms with Crippen LogP contribution in [0.15, 0.2) is 56.9 Å². The van der Waals surface area contributed by atoms with Gasteiger partial charge in [0.25, 0.3) is 5.56 Å². The third-order valence-electron chi connectivity index (χ3n) is 2.45. The predicted octanol–water partition coefficient (Wildman–Crippen LogP) is 2.82. The van der Waals surface area contributed by atoms with Crippen LogP contribution in [-0.4, -0.2) is 29.9 Å². The molecule has 2 aromatic rings. The first kappa shape index (κ1) is 13.5. The highest BCUT2D eigenvalue weighted by Gasteiger charge is 2.00. The second kappa shape index (κ2) is 5.84. The van der Waals surface area contributed by atoms with E-state index in [-0.39, 0.29) is 5.56 Å². The van der Waals surface area contributed by atoms with Gasteiger partial charge >= 0.3 is 0 Å². The highest BCUT2D eigenvalue weighted by atomic mass is 79.9. The summed E-state index contributed by atoms with van der Waals surface area (Å²) in [6, 6.07) is 10.9. The molecule has 0 N–H and O–H groups in total. The number of rotatable bonds is 3. The Kier molecular flexibility index (Phi) is 4.16. The average molecular weight is 320 g/mol. The number of aromatic nitrogens is 1. The third-order valence-corrected chi connectivity index (χ3v) is 2.97. The lowest BCUT2D eigenvalue weighted by Crippen LogP contribution is -2.15. The molecule has 0 saturated heterocycles. The first-order valence-corrected chi connectivity index (χ1v) is 6.55. The van der Waals surface area contributed by atoms with Crippen LogP contribution in [0.3, 0.4) is 0 Å². The van der Waals surface area contributed by atoms with Crippen molar-refractivity contribution in [2.24, 2.45) is 4.99 Å². The Bertz CT molecular complexity index is 644. The van der Waals surface area contributed by atoms with Gasteiger partial charge in [-0.3, -0.25) is 9.36 Å². The molecule has 98 valence electrons. The Hall–Kier alpha value is -1.88. The normalized spacial score (nSPS) is 10.9. The molecule has 0 atom stereocenters. The fourth-order valence-corrected chi connectivity index (χ4v) is 1.81. The lowest BCUT2D eigenvalue weighted by atomic mass is 10.3. The van der Waals surface area contributed by atoms with E-state index < -0.39 is 0 Å². The molecular weight excluding hydrogens is 306 g/mol. The van der Waals surface area contributed by atoms with Crippen molar-refractivity contribution in [1.29, 1.82) is 0 Å². The number of aliphatic imine (C=N–C) groups is 1. The molecule has 0 saturated carbocycles. The first-order valence-electron chi connectivity index (χ1n) is 5.75. The maximum absolute atomic E-state index is 12.0. The van der Waals surface area contributed by atoms with Crippen molar-refractivity contribution in [3.8, 4) is 5.69 Å². The van der Waals surface area contributed by atoms with Gasteiger partial charge in [-0.05, 0) is 30.3 Å². The number of halogens is 1. The molecule has 4 nitrogen and oxygen atoms in total. The molecule has 0 radical (unpaired) electrons. The van der Waals surface area contributed by atoms with Gasteiger partial charge in [0.05, 0.1) is 12.0 Å². The fourth-order valence-electron chi connectivity index (χ4n) is 1.55. The Balaban J connectivity index is 2.34. The van der Waals surface area contributed by atoms with E-state index in [4.69, 9.17) is 0 Å². The van der Waals surface area contributed by atoms with Crippen molar-refractivity contribution < 1.29 is 0 Å². The lowest BCUT2D eigenvalue weighted by molar-refractivity contribution is 0.643. The van der Waals surface area contributed by atoms with Gasteiger partial charge < -0.3 is 4.90 Å². The van der Waals surface area contributed by atoms with E-state index in [1.54, 1.807) is 17.1 Å². The Morgan fingerprint density at radius 1 is 1.21 bits per heavy atom. The first-order chi connectivity index (χ1) is 9.06. The van der Waals surface area contributed by atoms with Gasteiger partial charge in [-0.2, -0.15) is 0 Å². The molecule has 2 rings (SSSR count). The third kappa shape index (κ3) is 3.54. The fraction of sp³-hybridized carbons (Fsp3) is 0.143. The zero-order valence-electron chi connectivity index (χ0n) is 10.7. The zero-order valence-corrected chi connectivity index (χ0v) is 12.3. The van der Waals surface area contributed by atoms with Crippen LogP contribution in [0.1, 0.15) is 0 Å². The molecule has 1 heterocycles. The van der Waals surface area contributed by atoms with Gasteiger partial charge in [0.15, 0.2) is 0 Å². The number of benzene rings is 1. The molecule has 0 amide bonds. The van der Waals surface area contributed by atoms with Gasteiger partial charge in [0.2, 0.25) is 0 Å². The van der Waals surface area contributed by atoms with Crippen molar-refractivity contribution in [2.45, 2.75) is 0 Å². The predicted molar refractivity (Wildman–Crippen MR) is 81.6 cm³/mol. The zero-order chi connectivity index (χ0) is 13.8. The summed E-state index contributed by atoms with van der Waals surface area (Å²) in [6.07, 6.45) is 3.40. The van der Waals surface area contributed by atoms with Crippen LogP contribution in [0.4, 0.5) is 5.69 Å². The largest absolute Gasteiger partial charge is 0.369 e. The van der Waals surface area contributed by atoms with Crippen LogP contribution in [-0.2, 0) is 0 Å². The summed E-state index contributed by atoms with van der Waals surface area (Å²) in [5, 5.41) is 0. The molecule has 0 aliphatic carbocycles. The van der Waals surface area contributed by atoms with E-state index in [2.05, 4.69) is 20.9 Å². The van der Waals surface area contributed by atoms with E-state index in [0.29, 0.717) is 5.69 Å². The van der Waals surface area contributed by atoms with E-state index >= 15 is 0 Å². The van der Waals surface area contributed by atoms with Gasteiger partial charge in [-0.25, -0.2) is 4.99 Å². The minimum absolute atomic E-state index is 0.101. The molecule has 0 fully saturated rings. The van der Waals surface area contributed by atoms with Crippen molar-refractivity contribution in [1.82, 2.24) is 9.47 Å². The minimum Gasteiger partial charge on any atom is -0.369 e. The van der Waals surface area contributed by atoms with E-state index in [1.165, 1.54) is 6.07 Å². The summed E-state index contributed by atoms with van der Waals surface area (Å²) in [6.45, 7) is 0. The maximum Gasteiger partial charge on any atom is 0.257 e. The molecule has 19 heavy (non-hydrogen) atoms. The van der Waals surface area contributed by atoms with Crippen LogP contribution in [0.5, 0.6) is 0 Å². The highest BCUT2D eigenvalue weighted by Crippen LogP contribution is 2.14. The van der Waals surface area contributed by atoms with Crippen LogP contribution in [0, 0.1) is 0 Å². The number of pyridine rings is 1. The number of nitrogens with zero attached hydrogens (tertiary/aromatic N) is 3. The van der Waals surface area contributed by atoms with Gasteiger partial charge in [-0.1, -0.05) is 15.9 Å². The Morgan fingerprint density at radius 2 is 1.89 bits per heavy atom. The number of hydrogen-bond donors (Lipinski definition) is 0. The Labute approximate surface area is 120 Å². The van der Waals surface area contributed by atoms with Gasteiger partial charge in [0, 0.05) is 36.5 Å². The van der Waals surface area contributed by atoms with Gasteiger partial charge in [0.1, 0.15) is 0 Å². The van der Waals surface area contributed by atoms with Crippen molar-refractivity contribution in [3.05, 3.63) is 57.4 Å². The lowest BCUT2D eigenvalue weighted by Gasteiger charge is -2.06. The summed E-state index contributed by atoms with van der Waals surface area (Å²) in [5.41, 5.74) is 1.37. The van der Waals surface area contributed by atoms with Gasteiger partial charge in [-0.15, -0.1) is 0 Å². The summed E-state index contributed by atoms with van der Waals surface area (Å²) in [5.74, 6) is 0. The Morgan fingerprint density at radius 3 is 2.47 bits per heavy atom. The molecule has 0 bridgehead atoms. The molecule has 1 aromatic heterocycles. The standard InChI is InChI=1S/C14H14BrN3O/c1-17(2)10-16-12-7-8-18(14(19)9-12)13-5-3-11(15)4-6-13/h3-10H,1-2H3. The second-order valence-corrected chi connectivity index (χ2v) is 5.19. The van der Waals surface area contributed by atoms with Crippen LogP contribution in [0.25, 0.3) is 5.69 Å². The van der Waals surface area contributed by atoms with Crippen molar-refractivity contribution in [2.75, 3.05) is 14.1 Å².